The van der Waals surface area contributed by atoms with E-state index in [4.69, 9.17) is 4.74 Å². The molecule has 5 heteroatoms. The molecule has 21 heavy (non-hydrogen) atoms. The summed E-state index contributed by atoms with van der Waals surface area (Å²) in [6.07, 6.45) is 4.51. The zero-order chi connectivity index (χ0) is 15.4. The van der Waals surface area contributed by atoms with Crippen LogP contribution >= 0.6 is 0 Å². The number of benzene rings is 1. The lowest BCUT2D eigenvalue weighted by Crippen LogP contribution is -2.16. The van der Waals surface area contributed by atoms with Gasteiger partial charge in [-0.15, -0.1) is 0 Å². The number of rotatable bonds is 6. The number of hydrogen-bond acceptors (Lipinski definition) is 4. The first kappa shape index (κ1) is 15.2. The third-order valence-electron chi connectivity index (χ3n) is 3.58. The van der Waals surface area contributed by atoms with E-state index >= 15 is 0 Å². The van der Waals surface area contributed by atoms with Crippen molar-refractivity contribution in [3.05, 3.63) is 28.6 Å². The van der Waals surface area contributed by atoms with Gasteiger partial charge in [0.15, 0.2) is 5.75 Å². The fourth-order valence-electron chi connectivity index (χ4n) is 2.29. The van der Waals surface area contributed by atoms with Crippen molar-refractivity contribution in [3.8, 4) is 17.2 Å². The normalized spacial score (nSPS) is 11.0. The maximum Gasteiger partial charge on any atom is 0.296 e. The molecule has 0 saturated heterocycles. The fourth-order valence-corrected chi connectivity index (χ4v) is 2.29. The molecule has 1 aromatic carbocycles. The molecule has 2 aromatic rings. The largest absolute Gasteiger partial charge is 0.504 e. The minimum atomic E-state index is -0.627. The number of aromatic nitrogens is 1. The molecule has 0 aliphatic rings. The van der Waals surface area contributed by atoms with Crippen molar-refractivity contribution >= 4 is 10.9 Å². The van der Waals surface area contributed by atoms with Gasteiger partial charge in [-0.05, 0) is 18.6 Å². The Morgan fingerprint density at radius 3 is 2.62 bits per heavy atom. The second-order valence-corrected chi connectivity index (χ2v) is 5.15. The third kappa shape index (κ3) is 3.12. The summed E-state index contributed by atoms with van der Waals surface area (Å²) in [4.78, 5) is 11.8. The van der Waals surface area contributed by atoms with Crippen LogP contribution in [0.15, 0.2) is 23.0 Å². The zero-order valence-corrected chi connectivity index (χ0v) is 12.4. The number of hydrogen-bond donors (Lipinski definition) is 2. The van der Waals surface area contributed by atoms with Crippen LogP contribution in [0, 0.1) is 0 Å². The smallest absolute Gasteiger partial charge is 0.296 e. The predicted octanol–water partition coefficient (Wildman–Crippen LogP) is 2.91. The van der Waals surface area contributed by atoms with Gasteiger partial charge in [0.2, 0.25) is 5.75 Å². The second kappa shape index (κ2) is 6.52. The number of aromatic hydroxyl groups is 2. The van der Waals surface area contributed by atoms with Crippen LogP contribution in [-0.4, -0.2) is 21.4 Å². The number of nitrogens with zero attached hydrogens (tertiary/aromatic N) is 1. The average molecular weight is 291 g/mol. The lowest BCUT2D eigenvalue weighted by molar-refractivity contribution is 0.305. The van der Waals surface area contributed by atoms with Crippen LogP contribution in [-0.2, 0) is 7.05 Å². The summed E-state index contributed by atoms with van der Waals surface area (Å²) in [7, 11) is 1.55. The molecule has 5 nitrogen and oxygen atoms in total. The van der Waals surface area contributed by atoms with Gasteiger partial charge in [-0.25, -0.2) is 0 Å². The van der Waals surface area contributed by atoms with Crippen LogP contribution in [0.2, 0.25) is 0 Å². The van der Waals surface area contributed by atoms with Gasteiger partial charge in [0.05, 0.1) is 12.1 Å². The van der Waals surface area contributed by atoms with Crippen molar-refractivity contribution in [2.75, 3.05) is 6.61 Å². The van der Waals surface area contributed by atoms with E-state index in [0.717, 1.165) is 12.8 Å². The number of unbranched alkanes of at least 4 members (excludes halogenated alkanes) is 3. The molecule has 0 aliphatic heterocycles. The van der Waals surface area contributed by atoms with E-state index in [2.05, 4.69) is 6.92 Å². The molecule has 0 saturated carbocycles. The van der Waals surface area contributed by atoms with Crippen molar-refractivity contribution in [3.63, 3.8) is 0 Å². The fraction of sp³-hybridized carbons (Fsp3) is 0.438. The maximum absolute atomic E-state index is 11.8. The number of fused-ring (bicyclic) bond motifs is 1. The van der Waals surface area contributed by atoms with Gasteiger partial charge in [0, 0.05) is 18.5 Å². The van der Waals surface area contributed by atoms with Crippen LogP contribution in [0.4, 0.5) is 0 Å². The number of ether oxygens (including phenoxy) is 1. The Morgan fingerprint density at radius 2 is 1.90 bits per heavy atom. The van der Waals surface area contributed by atoms with E-state index in [1.54, 1.807) is 25.2 Å². The minimum Gasteiger partial charge on any atom is -0.504 e. The summed E-state index contributed by atoms with van der Waals surface area (Å²) in [6, 6.07) is 5.08. The van der Waals surface area contributed by atoms with Crippen molar-refractivity contribution in [1.82, 2.24) is 4.57 Å². The summed E-state index contributed by atoms with van der Waals surface area (Å²) in [5.41, 5.74) is -0.0959. The van der Waals surface area contributed by atoms with Crippen molar-refractivity contribution in [2.45, 2.75) is 32.6 Å². The summed E-state index contributed by atoms with van der Waals surface area (Å²) in [6.45, 7) is 2.79. The SMILES string of the molecule is CCCCCCOc1ccc2c(O)c(O)c(=O)n(C)c2c1. The highest BCUT2D eigenvalue weighted by atomic mass is 16.5. The van der Waals surface area contributed by atoms with Crippen LogP contribution < -0.4 is 10.3 Å². The van der Waals surface area contributed by atoms with Crippen LogP contribution in [0.25, 0.3) is 10.9 Å². The third-order valence-corrected chi connectivity index (χ3v) is 3.58. The molecule has 0 unspecified atom stereocenters. The first-order valence-electron chi connectivity index (χ1n) is 7.23. The van der Waals surface area contributed by atoms with E-state index in [-0.39, 0.29) is 5.75 Å². The van der Waals surface area contributed by atoms with Gasteiger partial charge in [0.25, 0.3) is 5.56 Å². The Balaban J connectivity index is 2.24. The maximum atomic E-state index is 11.8. The van der Waals surface area contributed by atoms with Gasteiger partial charge < -0.3 is 19.5 Å². The average Bonchev–Trinajstić information content (AvgIpc) is 2.50. The van der Waals surface area contributed by atoms with Gasteiger partial charge in [-0.1, -0.05) is 26.2 Å². The first-order valence-corrected chi connectivity index (χ1v) is 7.23. The molecule has 1 heterocycles. The molecule has 114 valence electrons. The highest BCUT2D eigenvalue weighted by Gasteiger charge is 2.13. The lowest BCUT2D eigenvalue weighted by atomic mass is 10.1. The van der Waals surface area contributed by atoms with E-state index < -0.39 is 11.3 Å². The molecule has 2 N–H and O–H groups in total. The highest BCUT2D eigenvalue weighted by molar-refractivity contribution is 5.88. The molecular weight excluding hydrogens is 270 g/mol. The summed E-state index contributed by atoms with van der Waals surface area (Å²) in [5, 5.41) is 19.8. The Hall–Kier alpha value is -2.17. The summed E-state index contributed by atoms with van der Waals surface area (Å²) >= 11 is 0. The molecule has 0 atom stereocenters. The molecule has 0 bridgehead atoms. The van der Waals surface area contributed by atoms with Crippen molar-refractivity contribution in [2.24, 2.45) is 7.05 Å². The Kier molecular flexibility index (Phi) is 4.73. The van der Waals surface area contributed by atoms with E-state index in [9.17, 15) is 15.0 Å². The first-order chi connectivity index (χ1) is 10.1. The monoisotopic (exact) mass is 291 g/mol. The zero-order valence-electron chi connectivity index (χ0n) is 12.4. The van der Waals surface area contributed by atoms with E-state index in [1.165, 1.54) is 17.4 Å². The van der Waals surface area contributed by atoms with Crippen LogP contribution in [0.3, 0.4) is 0 Å². The van der Waals surface area contributed by atoms with Crippen LogP contribution in [0.5, 0.6) is 17.2 Å². The minimum absolute atomic E-state index is 0.386. The Bertz CT molecular complexity index is 691. The molecule has 1 aromatic heterocycles. The van der Waals surface area contributed by atoms with E-state index in [0.29, 0.717) is 23.3 Å². The Morgan fingerprint density at radius 1 is 1.14 bits per heavy atom. The van der Waals surface area contributed by atoms with Crippen molar-refractivity contribution in [1.29, 1.82) is 0 Å². The van der Waals surface area contributed by atoms with Crippen molar-refractivity contribution < 1.29 is 14.9 Å². The number of pyridine rings is 1. The standard InChI is InChI=1S/C16H21NO4/c1-3-4-5-6-9-21-11-7-8-12-13(10-11)17(2)16(20)15(19)14(12)18/h7-8,10,18-19H,3-6,9H2,1-2H3. The Labute approximate surface area is 123 Å². The van der Waals surface area contributed by atoms with Gasteiger partial charge >= 0.3 is 0 Å². The molecule has 2 rings (SSSR count). The van der Waals surface area contributed by atoms with Crippen LogP contribution in [0.1, 0.15) is 32.6 Å². The lowest BCUT2D eigenvalue weighted by Gasteiger charge is -2.11. The molecule has 0 radical (unpaired) electrons. The second-order valence-electron chi connectivity index (χ2n) is 5.15. The molecule has 0 spiro atoms. The quantitative estimate of drug-likeness (QED) is 0.803. The predicted molar refractivity (Wildman–Crippen MR) is 82.2 cm³/mol. The van der Waals surface area contributed by atoms with Gasteiger partial charge in [-0.2, -0.15) is 0 Å². The molecular formula is C16H21NO4. The number of aryl methyl sites for hydroxylation is 1. The summed E-state index contributed by atoms with van der Waals surface area (Å²) in [5.74, 6) is -0.361. The molecule has 0 amide bonds. The highest BCUT2D eigenvalue weighted by Crippen LogP contribution is 2.32. The van der Waals surface area contributed by atoms with E-state index in [1.807, 2.05) is 0 Å². The summed E-state index contributed by atoms with van der Waals surface area (Å²) < 4.78 is 6.97. The molecule has 0 fully saturated rings. The van der Waals surface area contributed by atoms with Gasteiger partial charge in [0.1, 0.15) is 5.75 Å². The topological polar surface area (TPSA) is 71.7 Å². The molecule has 0 aliphatic carbocycles. The van der Waals surface area contributed by atoms with Gasteiger partial charge in [-0.3, -0.25) is 4.79 Å².